The first-order chi connectivity index (χ1) is 15.2. The van der Waals surface area contributed by atoms with E-state index < -0.39 is 0 Å². The molecule has 2 fully saturated rings. The van der Waals surface area contributed by atoms with Gasteiger partial charge in [0.2, 0.25) is 5.91 Å². The summed E-state index contributed by atoms with van der Waals surface area (Å²) in [6, 6.07) is 7.53. The normalized spacial score (nSPS) is 17.9. The van der Waals surface area contributed by atoms with Gasteiger partial charge in [-0.2, -0.15) is 0 Å². The Morgan fingerprint density at radius 3 is 2.42 bits per heavy atom. The summed E-state index contributed by atoms with van der Waals surface area (Å²) in [7, 11) is 0. The van der Waals surface area contributed by atoms with Crippen LogP contribution in [0.3, 0.4) is 0 Å². The van der Waals surface area contributed by atoms with Crippen LogP contribution in [0.4, 0.5) is 0 Å². The largest absolute Gasteiger partial charge is 0.378 e. The molecule has 0 aromatic heterocycles. The van der Waals surface area contributed by atoms with Crippen LogP contribution < -0.4 is 10.6 Å². The van der Waals surface area contributed by atoms with Crippen LogP contribution in [-0.2, 0) is 9.53 Å². The van der Waals surface area contributed by atoms with Gasteiger partial charge in [0.1, 0.15) is 0 Å². The molecule has 2 saturated carbocycles. The molecule has 5 nitrogen and oxygen atoms in total. The van der Waals surface area contributed by atoms with E-state index in [2.05, 4.69) is 10.6 Å². The van der Waals surface area contributed by atoms with E-state index in [0.29, 0.717) is 36.5 Å². The summed E-state index contributed by atoms with van der Waals surface area (Å²) >= 11 is 1.44. The molecule has 2 aliphatic carbocycles. The molecule has 1 aromatic rings. The van der Waals surface area contributed by atoms with E-state index in [1.165, 1.54) is 76.0 Å². The van der Waals surface area contributed by atoms with Crippen molar-refractivity contribution in [3.05, 3.63) is 29.8 Å². The van der Waals surface area contributed by atoms with E-state index in [4.69, 9.17) is 4.74 Å². The molecule has 2 amide bonds. The molecular weight excluding hydrogens is 408 g/mol. The van der Waals surface area contributed by atoms with Gasteiger partial charge in [0.15, 0.2) is 0 Å². The number of carbonyl (C=O) groups is 2. The second-order valence-electron chi connectivity index (χ2n) is 8.83. The summed E-state index contributed by atoms with van der Waals surface area (Å²) in [6.45, 7) is 2.08. The van der Waals surface area contributed by atoms with Crippen LogP contribution in [0.5, 0.6) is 0 Å². The molecule has 0 spiro atoms. The number of ether oxygens (including phenoxy) is 1. The highest BCUT2D eigenvalue weighted by Crippen LogP contribution is 2.24. The fraction of sp³-hybridized carbons (Fsp3) is 0.680. The molecular formula is C25H38N2O3S. The second-order valence-corrected chi connectivity index (χ2v) is 9.85. The highest BCUT2D eigenvalue weighted by Gasteiger charge is 2.16. The van der Waals surface area contributed by atoms with Crippen LogP contribution >= 0.6 is 11.8 Å². The first-order valence-corrected chi connectivity index (χ1v) is 13.1. The van der Waals surface area contributed by atoms with Crippen molar-refractivity contribution >= 4 is 23.6 Å². The van der Waals surface area contributed by atoms with Crippen LogP contribution in [-0.4, -0.2) is 43.4 Å². The first kappa shape index (κ1) is 24.1. The summed E-state index contributed by atoms with van der Waals surface area (Å²) in [4.78, 5) is 25.8. The van der Waals surface area contributed by atoms with Crippen molar-refractivity contribution in [2.24, 2.45) is 5.92 Å². The maximum Gasteiger partial charge on any atom is 0.252 e. The molecule has 1 aromatic carbocycles. The highest BCUT2D eigenvalue weighted by atomic mass is 32.2. The monoisotopic (exact) mass is 446 g/mol. The molecule has 2 aliphatic rings. The Bertz CT molecular complexity index is 685. The number of nitrogens with one attached hydrogen (secondary N) is 2. The summed E-state index contributed by atoms with van der Waals surface area (Å²) in [6.07, 6.45) is 13.8. The van der Waals surface area contributed by atoms with Gasteiger partial charge in [-0.15, -0.1) is 11.8 Å². The molecule has 172 valence electrons. The van der Waals surface area contributed by atoms with Gasteiger partial charge in [-0.1, -0.05) is 50.7 Å². The summed E-state index contributed by atoms with van der Waals surface area (Å²) in [5.41, 5.74) is 0.640. The zero-order valence-electron chi connectivity index (χ0n) is 18.7. The zero-order valence-corrected chi connectivity index (χ0v) is 19.5. The highest BCUT2D eigenvalue weighted by molar-refractivity contribution is 8.00. The molecule has 0 unspecified atom stereocenters. The van der Waals surface area contributed by atoms with Gasteiger partial charge in [-0.3, -0.25) is 9.59 Å². The molecule has 0 aliphatic heterocycles. The maximum absolute atomic E-state index is 12.6. The lowest BCUT2D eigenvalue weighted by atomic mass is 9.89. The van der Waals surface area contributed by atoms with Gasteiger partial charge in [0.05, 0.1) is 17.4 Å². The summed E-state index contributed by atoms with van der Waals surface area (Å²) in [5.74, 6) is 0.934. The standard InChI is InChI=1S/C25H38N2O3S/c28-24(27-18-20-10-3-1-4-11-20)19-31-23-15-8-7-14-22(23)25(29)26-16-9-17-30-21-12-5-2-6-13-21/h7-8,14-15,20-21H,1-6,9-13,16-19H2,(H,26,29)(H,27,28). The Kier molecular flexibility index (Phi) is 10.7. The quantitative estimate of drug-likeness (QED) is 0.373. The van der Waals surface area contributed by atoms with Crippen LogP contribution in [0.15, 0.2) is 29.2 Å². The first-order valence-electron chi connectivity index (χ1n) is 12.1. The Labute approximate surface area is 191 Å². The number of hydrogen-bond acceptors (Lipinski definition) is 4. The van der Waals surface area contributed by atoms with E-state index in [1.54, 1.807) is 0 Å². The van der Waals surface area contributed by atoms with Gasteiger partial charge in [0, 0.05) is 24.6 Å². The van der Waals surface area contributed by atoms with Crippen LogP contribution in [0.25, 0.3) is 0 Å². The number of thioether (sulfide) groups is 1. The Hall–Kier alpha value is -1.53. The van der Waals surface area contributed by atoms with Crippen molar-refractivity contribution in [1.29, 1.82) is 0 Å². The molecule has 31 heavy (non-hydrogen) atoms. The molecule has 0 saturated heterocycles. The lowest BCUT2D eigenvalue weighted by Gasteiger charge is -2.22. The van der Waals surface area contributed by atoms with Gasteiger partial charge in [-0.25, -0.2) is 0 Å². The molecule has 3 rings (SSSR count). The van der Waals surface area contributed by atoms with Crippen LogP contribution in [0.2, 0.25) is 0 Å². The smallest absolute Gasteiger partial charge is 0.252 e. The van der Waals surface area contributed by atoms with Crippen molar-refractivity contribution in [3.8, 4) is 0 Å². The van der Waals surface area contributed by atoms with Crippen molar-refractivity contribution in [2.75, 3.05) is 25.4 Å². The van der Waals surface area contributed by atoms with E-state index in [9.17, 15) is 9.59 Å². The van der Waals surface area contributed by atoms with E-state index >= 15 is 0 Å². The Morgan fingerprint density at radius 1 is 0.935 bits per heavy atom. The Balaban J connectivity index is 1.35. The van der Waals surface area contributed by atoms with Gasteiger partial charge in [0.25, 0.3) is 5.91 Å². The number of benzene rings is 1. The van der Waals surface area contributed by atoms with Crippen molar-refractivity contribution in [1.82, 2.24) is 10.6 Å². The SMILES string of the molecule is O=C(CSc1ccccc1C(=O)NCCCOC1CCCCC1)NCC1CCCCC1. The number of carbonyl (C=O) groups excluding carboxylic acids is 2. The third-order valence-corrected chi connectivity index (χ3v) is 7.39. The fourth-order valence-corrected chi connectivity index (χ4v) is 5.35. The van der Waals surface area contributed by atoms with Crippen molar-refractivity contribution in [3.63, 3.8) is 0 Å². The third kappa shape index (κ3) is 8.85. The Morgan fingerprint density at radius 2 is 1.65 bits per heavy atom. The van der Waals surface area contributed by atoms with Crippen LogP contribution in [0, 0.1) is 5.92 Å². The average molecular weight is 447 g/mol. The van der Waals surface area contributed by atoms with E-state index in [0.717, 1.165) is 17.9 Å². The third-order valence-electron chi connectivity index (χ3n) is 6.32. The minimum absolute atomic E-state index is 0.0469. The molecule has 6 heteroatoms. The van der Waals surface area contributed by atoms with Gasteiger partial charge < -0.3 is 15.4 Å². The molecule has 0 heterocycles. The minimum atomic E-state index is -0.0802. The minimum Gasteiger partial charge on any atom is -0.378 e. The van der Waals surface area contributed by atoms with Gasteiger partial charge in [-0.05, 0) is 50.2 Å². The zero-order chi connectivity index (χ0) is 21.7. The topological polar surface area (TPSA) is 67.4 Å². The lowest BCUT2D eigenvalue weighted by Crippen LogP contribution is -2.31. The number of hydrogen-bond donors (Lipinski definition) is 2. The number of rotatable bonds is 11. The molecule has 0 bridgehead atoms. The van der Waals surface area contributed by atoms with Crippen molar-refractivity contribution < 1.29 is 14.3 Å². The lowest BCUT2D eigenvalue weighted by molar-refractivity contribution is -0.118. The number of amides is 2. The molecule has 0 radical (unpaired) electrons. The fourth-order valence-electron chi connectivity index (χ4n) is 4.47. The maximum atomic E-state index is 12.6. The average Bonchev–Trinajstić information content (AvgIpc) is 2.82. The van der Waals surface area contributed by atoms with E-state index in [1.807, 2.05) is 24.3 Å². The molecule has 2 N–H and O–H groups in total. The van der Waals surface area contributed by atoms with E-state index in [-0.39, 0.29) is 11.8 Å². The second kappa shape index (κ2) is 13.8. The predicted molar refractivity (Wildman–Crippen MR) is 127 cm³/mol. The molecule has 0 atom stereocenters. The summed E-state index contributed by atoms with van der Waals surface area (Å²) < 4.78 is 5.93. The summed E-state index contributed by atoms with van der Waals surface area (Å²) in [5, 5.41) is 6.07. The van der Waals surface area contributed by atoms with Crippen LogP contribution in [0.1, 0.15) is 81.0 Å². The predicted octanol–water partition coefficient (Wildman–Crippen LogP) is 4.94. The van der Waals surface area contributed by atoms with Gasteiger partial charge >= 0.3 is 0 Å². The van der Waals surface area contributed by atoms with Crippen molar-refractivity contribution in [2.45, 2.75) is 81.6 Å².